The van der Waals surface area contributed by atoms with Crippen molar-refractivity contribution in [2.75, 3.05) is 19.4 Å². The number of hydrogen-bond acceptors (Lipinski definition) is 7. The smallest absolute Gasteiger partial charge is 0.251 e. The Labute approximate surface area is 161 Å². The molecule has 3 N–H and O–H groups in total. The number of nitrogens with one attached hydrogen (secondary N) is 1. The van der Waals surface area contributed by atoms with E-state index in [-0.39, 0.29) is 5.91 Å². The summed E-state index contributed by atoms with van der Waals surface area (Å²) in [7, 11) is 1.60. The van der Waals surface area contributed by atoms with Crippen LogP contribution in [-0.2, 0) is 6.42 Å². The Balaban J connectivity index is 1.67. The van der Waals surface area contributed by atoms with Gasteiger partial charge in [-0.05, 0) is 37.6 Å². The normalized spacial score (nSPS) is 10.6. The highest BCUT2D eigenvalue weighted by Crippen LogP contribution is 2.30. The zero-order valence-electron chi connectivity index (χ0n) is 15.4. The topological polar surface area (TPSA) is 103 Å². The molecule has 3 aromatic rings. The third kappa shape index (κ3) is 4.40. The monoisotopic (exact) mass is 383 g/mol. The molecule has 3 rings (SSSR count). The number of hydrogen-bond donors (Lipinski definition) is 2. The number of anilines is 1. The number of nitrogen functional groups attached to an aromatic ring is 1. The largest absolute Gasteiger partial charge is 0.495 e. The summed E-state index contributed by atoms with van der Waals surface area (Å²) in [5, 5.41) is 12.8. The van der Waals surface area contributed by atoms with Crippen molar-refractivity contribution in [3.8, 4) is 16.9 Å². The predicted octanol–water partition coefficient (Wildman–Crippen LogP) is 2.78. The third-order valence-electron chi connectivity index (χ3n) is 4.07. The molecule has 8 heteroatoms. The van der Waals surface area contributed by atoms with Crippen molar-refractivity contribution in [3.63, 3.8) is 0 Å². The number of aromatic nitrogens is 3. The van der Waals surface area contributed by atoms with Gasteiger partial charge in [0, 0.05) is 24.1 Å². The lowest BCUT2D eigenvalue weighted by Gasteiger charge is -2.11. The summed E-state index contributed by atoms with van der Waals surface area (Å²) < 4.78 is 5.32. The highest BCUT2D eigenvalue weighted by molar-refractivity contribution is 7.11. The Morgan fingerprint density at radius 2 is 1.96 bits per heavy atom. The number of nitrogens with zero attached hydrogens (tertiary/aromatic N) is 3. The van der Waals surface area contributed by atoms with E-state index < -0.39 is 0 Å². The van der Waals surface area contributed by atoms with E-state index >= 15 is 0 Å². The van der Waals surface area contributed by atoms with E-state index in [1.807, 2.05) is 32.0 Å². The number of carbonyl (C=O) groups is 1. The van der Waals surface area contributed by atoms with E-state index in [9.17, 15) is 4.79 Å². The van der Waals surface area contributed by atoms with E-state index in [0.717, 1.165) is 26.8 Å². The van der Waals surface area contributed by atoms with E-state index in [1.165, 1.54) is 11.3 Å². The van der Waals surface area contributed by atoms with E-state index in [1.54, 1.807) is 19.2 Å². The van der Waals surface area contributed by atoms with E-state index in [0.29, 0.717) is 30.1 Å². The van der Waals surface area contributed by atoms with Gasteiger partial charge in [-0.2, -0.15) is 0 Å². The Morgan fingerprint density at radius 1 is 1.22 bits per heavy atom. The lowest BCUT2D eigenvalue weighted by molar-refractivity contribution is 0.0954. The van der Waals surface area contributed by atoms with Gasteiger partial charge in [0.05, 0.1) is 12.8 Å². The molecule has 1 aromatic carbocycles. The van der Waals surface area contributed by atoms with E-state index in [4.69, 9.17) is 10.5 Å². The van der Waals surface area contributed by atoms with Crippen LogP contribution in [-0.4, -0.2) is 34.7 Å². The van der Waals surface area contributed by atoms with Crippen molar-refractivity contribution in [2.45, 2.75) is 20.3 Å². The molecule has 0 spiro atoms. The Bertz CT molecular complexity index is 953. The maximum absolute atomic E-state index is 12.3. The van der Waals surface area contributed by atoms with Crippen LogP contribution in [0.4, 0.5) is 5.82 Å². The van der Waals surface area contributed by atoms with Crippen molar-refractivity contribution in [1.82, 2.24) is 20.5 Å². The summed E-state index contributed by atoms with van der Waals surface area (Å²) in [6.07, 6.45) is 0.667. The van der Waals surface area contributed by atoms with Gasteiger partial charge in [0.25, 0.3) is 5.91 Å². The van der Waals surface area contributed by atoms with Crippen LogP contribution in [0.3, 0.4) is 0 Å². The fraction of sp³-hybridized carbons (Fsp3) is 0.263. The molecule has 2 heterocycles. The summed E-state index contributed by atoms with van der Waals surface area (Å²) in [6.45, 7) is 4.27. The summed E-state index contributed by atoms with van der Waals surface area (Å²) in [4.78, 5) is 16.6. The minimum Gasteiger partial charge on any atom is -0.495 e. The first-order valence-electron chi connectivity index (χ1n) is 8.46. The number of amides is 1. The number of ether oxygens (including phenoxy) is 1. The van der Waals surface area contributed by atoms with E-state index in [2.05, 4.69) is 20.5 Å². The molecule has 0 saturated carbocycles. The number of aryl methyl sites for hydroxylation is 2. The average Bonchev–Trinajstić information content (AvgIpc) is 3.07. The van der Waals surface area contributed by atoms with Gasteiger partial charge in [-0.1, -0.05) is 12.1 Å². The van der Waals surface area contributed by atoms with Crippen LogP contribution < -0.4 is 15.8 Å². The molecule has 0 radical (unpaired) electrons. The average molecular weight is 383 g/mol. The standard InChI is InChI=1S/C19H21N5O2S/c1-11-16(26-3)10-15(18(20)22-11)13-4-6-14(7-5-13)19(25)21-9-8-17-24-23-12(2)27-17/h4-7,10H,8-9H2,1-3H3,(H2,20,22)(H,21,25). The summed E-state index contributed by atoms with van der Waals surface area (Å²) >= 11 is 1.54. The van der Waals surface area contributed by atoms with Crippen LogP contribution in [0.1, 0.15) is 26.1 Å². The first kappa shape index (κ1) is 18.8. The van der Waals surface area contributed by atoms with Crippen LogP contribution in [0.2, 0.25) is 0 Å². The molecule has 0 aliphatic rings. The van der Waals surface area contributed by atoms with Gasteiger partial charge in [0.2, 0.25) is 0 Å². The van der Waals surface area contributed by atoms with Crippen LogP contribution in [0, 0.1) is 13.8 Å². The number of rotatable bonds is 6. The molecule has 0 aliphatic carbocycles. The van der Waals surface area contributed by atoms with Crippen molar-refractivity contribution < 1.29 is 9.53 Å². The molecule has 0 atom stereocenters. The number of carbonyl (C=O) groups excluding carboxylic acids is 1. The van der Waals surface area contributed by atoms with Crippen molar-refractivity contribution in [1.29, 1.82) is 0 Å². The molecular weight excluding hydrogens is 362 g/mol. The Morgan fingerprint density at radius 3 is 2.59 bits per heavy atom. The molecule has 1 amide bonds. The van der Waals surface area contributed by atoms with Crippen LogP contribution >= 0.6 is 11.3 Å². The van der Waals surface area contributed by atoms with Crippen molar-refractivity contribution in [2.24, 2.45) is 0 Å². The summed E-state index contributed by atoms with van der Waals surface area (Å²) in [6, 6.07) is 9.10. The van der Waals surface area contributed by atoms with Crippen molar-refractivity contribution >= 4 is 23.1 Å². The highest BCUT2D eigenvalue weighted by Gasteiger charge is 2.11. The first-order valence-corrected chi connectivity index (χ1v) is 9.28. The summed E-state index contributed by atoms with van der Waals surface area (Å²) in [5.41, 5.74) is 9.01. The molecular formula is C19H21N5O2S. The Hall–Kier alpha value is -3.00. The maximum atomic E-state index is 12.3. The minimum atomic E-state index is -0.129. The second-order valence-corrected chi connectivity index (χ2v) is 7.27. The van der Waals surface area contributed by atoms with Gasteiger partial charge < -0.3 is 15.8 Å². The number of nitrogens with two attached hydrogens (primary N) is 1. The van der Waals surface area contributed by atoms with Gasteiger partial charge in [-0.15, -0.1) is 21.5 Å². The van der Waals surface area contributed by atoms with Gasteiger partial charge in [-0.3, -0.25) is 4.79 Å². The fourth-order valence-electron chi connectivity index (χ4n) is 2.67. The molecule has 0 bridgehead atoms. The molecule has 140 valence electrons. The molecule has 7 nitrogen and oxygen atoms in total. The first-order chi connectivity index (χ1) is 13.0. The van der Waals surface area contributed by atoms with Crippen LogP contribution in [0.15, 0.2) is 30.3 Å². The molecule has 0 aliphatic heterocycles. The fourth-order valence-corrected chi connectivity index (χ4v) is 3.38. The molecule has 0 unspecified atom stereocenters. The van der Waals surface area contributed by atoms with Gasteiger partial charge in [0.15, 0.2) is 0 Å². The maximum Gasteiger partial charge on any atom is 0.251 e. The number of pyridine rings is 1. The molecule has 27 heavy (non-hydrogen) atoms. The second kappa shape index (κ2) is 8.13. The lowest BCUT2D eigenvalue weighted by atomic mass is 10.0. The quantitative estimate of drug-likeness (QED) is 0.678. The SMILES string of the molecule is COc1cc(-c2ccc(C(=O)NCCc3nnc(C)s3)cc2)c(N)nc1C. The summed E-state index contributed by atoms with van der Waals surface area (Å²) in [5.74, 6) is 0.973. The third-order valence-corrected chi connectivity index (χ3v) is 4.96. The zero-order chi connectivity index (χ0) is 19.4. The van der Waals surface area contributed by atoms with Crippen LogP contribution in [0.5, 0.6) is 5.75 Å². The lowest BCUT2D eigenvalue weighted by Crippen LogP contribution is -2.25. The van der Waals surface area contributed by atoms with Crippen molar-refractivity contribution in [3.05, 3.63) is 51.6 Å². The molecule has 0 fully saturated rings. The highest BCUT2D eigenvalue weighted by atomic mass is 32.1. The van der Waals surface area contributed by atoms with Gasteiger partial charge in [0.1, 0.15) is 21.6 Å². The zero-order valence-corrected chi connectivity index (χ0v) is 16.3. The van der Waals surface area contributed by atoms with Crippen LogP contribution in [0.25, 0.3) is 11.1 Å². The predicted molar refractivity (Wildman–Crippen MR) is 106 cm³/mol. The molecule has 0 saturated heterocycles. The second-order valence-electron chi connectivity index (χ2n) is 6.01. The van der Waals surface area contributed by atoms with Gasteiger partial charge in [-0.25, -0.2) is 4.98 Å². The molecule has 2 aromatic heterocycles. The number of benzene rings is 1. The number of methoxy groups -OCH3 is 1. The van der Waals surface area contributed by atoms with Gasteiger partial charge >= 0.3 is 0 Å². The minimum absolute atomic E-state index is 0.129. The Kier molecular flexibility index (Phi) is 5.66.